The molecule has 0 aliphatic carbocycles. The van der Waals surface area contributed by atoms with E-state index in [1.807, 2.05) is 30.3 Å². The summed E-state index contributed by atoms with van der Waals surface area (Å²) in [5.41, 5.74) is 0. The topological polar surface area (TPSA) is 34.1 Å². The molecule has 2 nitrogen and oxygen atoms in total. The van der Waals surface area contributed by atoms with Crippen LogP contribution in [0.25, 0.3) is 0 Å². The zero-order chi connectivity index (χ0) is 13.6. The zero-order valence-corrected chi connectivity index (χ0v) is 12.1. The largest absolute Gasteiger partial charge is 0.261 e. The molecule has 0 bridgehead atoms. The summed E-state index contributed by atoms with van der Waals surface area (Å²) in [5.74, 6) is 0. The molecule has 0 spiro atoms. The van der Waals surface area contributed by atoms with Gasteiger partial charge in [0.05, 0.1) is 4.90 Å². The van der Waals surface area contributed by atoms with E-state index in [0.29, 0.717) is 5.02 Å². The molecule has 0 aromatic heterocycles. The van der Waals surface area contributed by atoms with E-state index in [1.54, 1.807) is 0 Å². The fourth-order valence-corrected chi connectivity index (χ4v) is 2.05. The molecule has 96 valence electrons. The molecule has 0 aliphatic rings. The lowest BCUT2D eigenvalue weighted by molar-refractivity contribution is 0.609. The van der Waals surface area contributed by atoms with Crippen molar-refractivity contribution >= 4 is 42.9 Å². The summed E-state index contributed by atoms with van der Waals surface area (Å²) in [6.45, 7) is 0. The third-order valence-corrected chi connectivity index (χ3v) is 3.70. The Kier molecular flexibility index (Phi) is 5.96. The summed E-state index contributed by atoms with van der Waals surface area (Å²) < 4.78 is 21.3. The Morgan fingerprint density at radius 3 is 1.50 bits per heavy atom. The monoisotopic (exact) mass is 322 g/mol. The lowest BCUT2D eigenvalue weighted by Crippen LogP contribution is -1.88. The van der Waals surface area contributed by atoms with Crippen molar-refractivity contribution in [1.82, 2.24) is 0 Å². The maximum Gasteiger partial charge on any atom is 0.261 e. The molecule has 0 N–H and O–H groups in total. The van der Waals surface area contributed by atoms with Gasteiger partial charge in [-0.1, -0.05) is 41.4 Å². The maximum absolute atomic E-state index is 10.7. The lowest BCUT2D eigenvalue weighted by Gasteiger charge is -1.93. The van der Waals surface area contributed by atoms with Crippen LogP contribution in [0.5, 0.6) is 0 Å². The Morgan fingerprint density at radius 2 is 1.17 bits per heavy atom. The minimum atomic E-state index is -3.61. The maximum atomic E-state index is 10.7. The fraction of sp³-hybridized carbons (Fsp3) is 0. The highest BCUT2D eigenvalue weighted by Gasteiger charge is 2.07. The van der Waals surface area contributed by atoms with E-state index < -0.39 is 9.05 Å². The van der Waals surface area contributed by atoms with Crippen LogP contribution in [0.2, 0.25) is 10.0 Å². The van der Waals surface area contributed by atoms with Gasteiger partial charge in [0.15, 0.2) is 0 Å². The van der Waals surface area contributed by atoms with Gasteiger partial charge in [0.25, 0.3) is 9.05 Å². The summed E-state index contributed by atoms with van der Waals surface area (Å²) in [7, 11) is 1.43. The highest BCUT2D eigenvalue weighted by molar-refractivity contribution is 8.13. The molecule has 0 atom stereocenters. The van der Waals surface area contributed by atoms with Crippen LogP contribution in [-0.4, -0.2) is 8.42 Å². The molecule has 2 aromatic rings. The van der Waals surface area contributed by atoms with Crippen molar-refractivity contribution in [2.75, 3.05) is 0 Å². The van der Waals surface area contributed by atoms with Gasteiger partial charge in [-0.05, 0) is 36.4 Å². The fourth-order valence-electron chi connectivity index (χ4n) is 1.01. The first kappa shape index (κ1) is 15.3. The first-order valence-corrected chi connectivity index (χ1v) is 7.87. The molecule has 0 aliphatic heterocycles. The summed E-state index contributed by atoms with van der Waals surface area (Å²) >= 11 is 11.1. The Balaban J connectivity index is 0.000000199. The van der Waals surface area contributed by atoms with E-state index in [0.717, 1.165) is 5.02 Å². The van der Waals surface area contributed by atoms with Crippen LogP contribution >= 0.6 is 33.9 Å². The summed E-state index contributed by atoms with van der Waals surface area (Å²) in [5, 5.41) is 1.27. The van der Waals surface area contributed by atoms with Crippen molar-refractivity contribution in [1.29, 1.82) is 0 Å². The van der Waals surface area contributed by atoms with Gasteiger partial charge < -0.3 is 0 Å². The number of hydrogen-bond acceptors (Lipinski definition) is 2. The molecule has 0 fully saturated rings. The van der Waals surface area contributed by atoms with Crippen molar-refractivity contribution in [2.45, 2.75) is 4.90 Å². The van der Waals surface area contributed by atoms with Crippen LogP contribution in [0, 0.1) is 0 Å². The van der Waals surface area contributed by atoms with E-state index >= 15 is 0 Å². The van der Waals surface area contributed by atoms with Crippen molar-refractivity contribution in [3.63, 3.8) is 0 Å². The molecule has 0 heterocycles. The summed E-state index contributed by atoms with van der Waals surface area (Å²) in [4.78, 5) is 0.0589. The van der Waals surface area contributed by atoms with E-state index in [1.165, 1.54) is 24.3 Å². The molecular weight excluding hydrogens is 315 g/mol. The molecule has 0 saturated heterocycles. The van der Waals surface area contributed by atoms with Crippen molar-refractivity contribution < 1.29 is 8.42 Å². The van der Waals surface area contributed by atoms with Crippen LogP contribution in [0.3, 0.4) is 0 Å². The Bertz CT molecular complexity index is 580. The van der Waals surface area contributed by atoms with E-state index in [-0.39, 0.29) is 4.90 Å². The highest BCUT2D eigenvalue weighted by atomic mass is 35.7. The molecule has 0 saturated carbocycles. The Labute approximate surface area is 121 Å². The lowest BCUT2D eigenvalue weighted by atomic mass is 10.4. The number of hydrogen-bond donors (Lipinski definition) is 0. The second kappa shape index (κ2) is 7.00. The van der Waals surface area contributed by atoms with Crippen LogP contribution in [0.15, 0.2) is 59.5 Å². The van der Waals surface area contributed by atoms with Gasteiger partial charge in [0.1, 0.15) is 0 Å². The van der Waals surface area contributed by atoms with Crippen molar-refractivity contribution in [3.8, 4) is 0 Å². The molecule has 6 heteroatoms. The van der Waals surface area contributed by atoms with Crippen LogP contribution in [0.1, 0.15) is 0 Å². The van der Waals surface area contributed by atoms with Crippen LogP contribution in [-0.2, 0) is 9.05 Å². The molecule has 2 aromatic carbocycles. The normalized spacial score (nSPS) is 10.4. The molecule has 2 rings (SSSR count). The highest BCUT2D eigenvalue weighted by Crippen LogP contribution is 2.17. The SMILES string of the molecule is Clc1ccccc1.O=S(=O)(Cl)c1ccc(Cl)cc1. The standard InChI is InChI=1S/C6H4Cl2O2S.C6H5Cl/c7-5-1-3-6(4-2-5)11(8,9)10;7-6-4-2-1-3-5-6/h1-4H;1-5H. The minimum Gasteiger partial charge on any atom is -0.207 e. The average molecular weight is 324 g/mol. The quantitative estimate of drug-likeness (QED) is 0.718. The smallest absolute Gasteiger partial charge is 0.207 e. The average Bonchev–Trinajstić information content (AvgIpc) is 2.30. The number of halogens is 3. The molecule has 0 amide bonds. The van der Waals surface area contributed by atoms with Crippen molar-refractivity contribution in [3.05, 3.63) is 64.6 Å². The van der Waals surface area contributed by atoms with Crippen molar-refractivity contribution in [2.24, 2.45) is 0 Å². The van der Waals surface area contributed by atoms with Gasteiger partial charge in [-0.3, -0.25) is 0 Å². The van der Waals surface area contributed by atoms with Crippen LogP contribution < -0.4 is 0 Å². The predicted molar refractivity (Wildman–Crippen MR) is 75.9 cm³/mol. The van der Waals surface area contributed by atoms with Gasteiger partial charge in [-0.2, -0.15) is 0 Å². The van der Waals surface area contributed by atoms with Gasteiger partial charge in [-0.15, -0.1) is 0 Å². The first-order valence-electron chi connectivity index (χ1n) is 4.80. The third-order valence-electron chi connectivity index (χ3n) is 1.83. The van der Waals surface area contributed by atoms with Gasteiger partial charge in [-0.25, -0.2) is 8.42 Å². The number of benzene rings is 2. The Morgan fingerprint density at radius 1 is 0.722 bits per heavy atom. The summed E-state index contributed by atoms with van der Waals surface area (Å²) in [6, 6.07) is 15.1. The predicted octanol–water partition coefficient (Wildman–Crippen LogP) is 4.61. The van der Waals surface area contributed by atoms with Gasteiger partial charge in [0.2, 0.25) is 0 Å². The molecule has 0 unspecified atom stereocenters. The van der Waals surface area contributed by atoms with Gasteiger partial charge >= 0.3 is 0 Å². The first-order chi connectivity index (χ1) is 8.39. The van der Waals surface area contributed by atoms with Crippen LogP contribution in [0.4, 0.5) is 0 Å². The molecular formula is C12H9Cl3O2S. The summed E-state index contributed by atoms with van der Waals surface area (Å²) in [6.07, 6.45) is 0. The molecule has 18 heavy (non-hydrogen) atoms. The number of rotatable bonds is 1. The van der Waals surface area contributed by atoms with Gasteiger partial charge in [0, 0.05) is 20.7 Å². The molecule has 0 radical (unpaired) electrons. The second-order valence-electron chi connectivity index (χ2n) is 3.19. The van der Waals surface area contributed by atoms with E-state index in [2.05, 4.69) is 0 Å². The minimum absolute atomic E-state index is 0.0589. The van der Waals surface area contributed by atoms with E-state index in [4.69, 9.17) is 33.9 Å². The Hall–Kier alpha value is -0.740. The van der Waals surface area contributed by atoms with E-state index in [9.17, 15) is 8.42 Å². The third kappa shape index (κ3) is 5.74. The second-order valence-corrected chi connectivity index (χ2v) is 6.63. The zero-order valence-electron chi connectivity index (χ0n) is 9.05.